The number of anilines is 2. The molecule has 3 aromatic rings. The summed E-state index contributed by atoms with van der Waals surface area (Å²) in [5.74, 6) is -0.0430. The summed E-state index contributed by atoms with van der Waals surface area (Å²) in [4.78, 5) is 36.5. The normalized spacial score (nSPS) is 10.5. The number of hydrogen-bond acceptors (Lipinski definition) is 4. The maximum absolute atomic E-state index is 12.7. The molecule has 0 bridgehead atoms. The van der Waals surface area contributed by atoms with Crippen molar-refractivity contribution < 1.29 is 19.1 Å². The van der Waals surface area contributed by atoms with Gasteiger partial charge in [0, 0.05) is 17.3 Å². The van der Waals surface area contributed by atoms with Crippen molar-refractivity contribution in [3.8, 4) is 5.75 Å². The van der Waals surface area contributed by atoms with Crippen LogP contribution >= 0.6 is 0 Å². The monoisotopic (exact) mass is 414 g/mol. The second-order valence-electron chi connectivity index (χ2n) is 6.73. The third-order valence-corrected chi connectivity index (χ3v) is 4.52. The first kappa shape index (κ1) is 21.5. The second kappa shape index (κ2) is 10.0. The highest BCUT2D eigenvalue weighted by Gasteiger charge is 2.13. The zero-order chi connectivity index (χ0) is 22.2. The number of hydrogen-bond donors (Lipinski definition) is 2. The van der Waals surface area contributed by atoms with Gasteiger partial charge in [-0.15, -0.1) is 0 Å². The van der Waals surface area contributed by atoms with Gasteiger partial charge in [-0.3, -0.25) is 14.4 Å². The lowest BCUT2D eigenvalue weighted by molar-refractivity contribution is -0.111. The summed E-state index contributed by atoms with van der Waals surface area (Å²) in [5, 5.41) is 5.51. The van der Waals surface area contributed by atoms with Gasteiger partial charge < -0.3 is 15.4 Å². The summed E-state index contributed by atoms with van der Waals surface area (Å²) in [6, 6.07) is 20.6. The molecule has 0 saturated heterocycles. The van der Waals surface area contributed by atoms with Gasteiger partial charge in [-0.05, 0) is 67.1 Å². The highest BCUT2D eigenvalue weighted by Crippen LogP contribution is 2.18. The molecule has 6 nitrogen and oxygen atoms in total. The summed E-state index contributed by atoms with van der Waals surface area (Å²) < 4.78 is 5.11. The summed E-state index contributed by atoms with van der Waals surface area (Å²) in [5.41, 5.74) is 2.68. The minimum Gasteiger partial charge on any atom is -0.497 e. The fraction of sp³-hybridized carbons (Fsp3) is 0.0800. The van der Waals surface area contributed by atoms with Crippen LogP contribution in [0.4, 0.5) is 11.4 Å². The maximum atomic E-state index is 12.7. The van der Waals surface area contributed by atoms with Crippen LogP contribution in [0.1, 0.15) is 33.2 Å². The lowest BCUT2D eigenvalue weighted by atomic mass is 10.1. The summed E-state index contributed by atoms with van der Waals surface area (Å²) in [7, 11) is 1.59. The Morgan fingerprint density at radius 3 is 2.16 bits per heavy atom. The van der Waals surface area contributed by atoms with Crippen molar-refractivity contribution in [2.75, 3.05) is 17.7 Å². The molecule has 0 heterocycles. The Hall–Kier alpha value is -4.19. The molecule has 0 aromatic heterocycles. The Bertz CT molecular complexity index is 1120. The zero-order valence-electron chi connectivity index (χ0n) is 17.2. The van der Waals surface area contributed by atoms with E-state index in [4.69, 9.17) is 4.74 Å². The Balaban J connectivity index is 1.68. The quantitative estimate of drug-likeness (QED) is 0.430. The standard InChI is InChI=1S/C25H22N2O4/c1-17(28)19-10-12-20(13-11-19)26-25(30)22-5-3-4-6-23(22)27-24(29)16-9-18-7-14-21(31-2)15-8-18/h3-16H,1-2H3,(H,26,30)(H,27,29)/b16-9+. The number of carbonyl (C=O) groups is 3. The molecule has 31 heavy (non-hydrogen) atoms. The molecule has 0 fully saturated rings. The van der Waals surface area contributed by atoms with Crippen LogP contribution in [0.3, 0.4) is 0 Å². The van der Waals surface area contributed by atoms with E-state index >= 15 is 0 Å². The topological polar surface area (TPSA) is 84.5 Å². The van der Waals surface area contributed by atoms with Crippen LogP contribution in [0.5, 0.6) is 5.75 Å². The number of methoxy groups -OCH3 is 1. The molecule has 0 spiro atoms. The molecule has 3 rings (SSSR count). The van der Waals surface area contributed by atoms with Gasteiger partial charge in [0.2, 0.25) is 5.91 Å². The van der Waals surface area contributed by atoms with Gasteiger partial charge in [-0.1, -0.05) is 24.3 Å². The Morgan fingerprint density at radius 1 is 0.839 bits per heavy atom. The SMILES string of the molecule is COc1ccc(/C=C/C(=O)Nc2ccccc2C(=O)Nc2ccc(C(C)=O)cc2)cc1. The van der Waals surface area contributed by atoms with Crippen LogP contribution in [0.15, 0.2) is 78.9 Å². The molecule has 0 atom stereocenters. The molecule has 0 unspecified atom stereocenters. The number of carbonyl (C=O) groups excluding carboxylic acids is 3. The average Bonchev–Trinajstić information content (AvgIpc) is 2.78. The fourth-order valence-corrected chi connectivity index (χ4v) is 2.84. The van der Waals surface area contributed by atoms with Crippen LogP contribution in [-0.4, -0.2) is 24.7 Å². The first-order valence-corrected chi connectivity index (χ1v) is 9.61. The minimum absolute atomic E-state index is 0.0476. The van der Waals surface area contributed by atoms with E-state index in [-0.39, 0.29) is 17.6 Å². The van der Waals surface area contributed by atoms with Crippen LogP contribution in [-0.2, 0) is 4.79 Å². The lowest BCUT2D eigenvalue weighted by Crippen LogP contribution is -2.17. The smallest absolute Gasteiger partial charge is 0.257 e. The Morgan fingerprint density at radius 2 is 1.52 bits per heavy atom. The zero-order valence-corrected chi connectivity index (χ0v) is 17.2. The number of Topliss-reactive ketones (excluding diaryl/α,β-unsaturated/α-hetero) is 1. The van der Waals surface area contributed by atoms with Gasteiger partial charge in [0.05, 0.1) is 18.4 Å². The predicted molar refractivity (Wildman–Crippen MR) is 121 cm³/mol. The molecular formula is C25H22N2O4. The van der Waals surface area contributed by atoms with Crippen molar-refractivity contribution in [3.63, 3.8) is 0 Å². The van der Waals surface area contributed by atoms with E-state index in [1.165, 1.54) is 13.0 Å². The van der Waals surface area contributed by atoms with E-state index in [2.05, 4.69) is 10.6 Å². The lowest BCUT2D eigenvalue weighted by Gasteiger charge is -2.11. The molecule has 3 aromatic carbocycles. The van der Waals surface area contributed by atoms with Crippen molar-refractivity contribution in [2.24, 2.45) is 0 Å². The van der Waals surface area contributed by atoms with Crippen molar-refractivity contribution in [1.29, 1.82) is 0 Å². The maximum Gasteiger partial charge on any atom is 0.257 e. The first-order chi connectivity index (χ1) is 15.0. The van der Waals surface area contributed by atoms with Crippen LogP contribution in [0, 0.1) is 0 Å². The molecule has 6 heteroatoms. The van der Waals surface area contributed by atoms with Gasteiger partial charge in [-0.2, -0.15) is 0 Å². The highest BCUT2D eigenvalue weighted by atomic mass is 16.5. The van der Waals surface area contributed by atoms with Gasteiger partial charge in [-0.25, -0.2) is 0 Å². The van der Waals surface area contributed by atoms with E-state index in [0.717, 1.165) is 11.3 Å². The number of benzene rings is 3. The Kier molecular flexibility index (Phi) is 6.96. The van der Waals surface area contributed by atoms with Gasteiger partial charge in [0.15, 0.2) is 5.78 Å². The van der Waals surface area contributed by atoms with E-state index < -0.39 is 0 Å². The van der Waals surface area contributed by atoms with E-state index in [9.17, 15) is 14.4 Å². The third kappa shape index (κ3) is 5.90. The average molecular weight is 414 g/mol. The molecule has 0 aliphatic rings. The highest BCUT2D eigenvalue weighted by molar-refractivity contribution is 6.11. The molecule has 2 amide bonds. The molecule has 2 N–H and O–H groups in total. The summed E-state index contributed by atoms with van der Waals surface area (Å²) >= 11 is 0. The van der Waals surface area contributed by atoms with Crippen molar-refractivity contribution in [3.05, 3.63) is 95.6 Å². The predicted octanol–water partition coefficient (Wildman–Crippen LogP) is 4.80. The minimum atomic E-state index is -0.370. The molecule has 156 valence electrons. The van der Waals surface area contributed by atoms with Gasteiger partial charge in [0.25, 0.3) is 5.91 Å². The van der Waals surface area contributed by atoms with Crippen molar-refractivity contribution in [2.45, 2.75) is 6.92 Å². The molecule has 0 aliphatic carbocycles. The first-order valence-electron chi connectivity index (χ1n) is 9.61. The number of ketones is 1. The van der Waals surface area contributed by atoms with Crippen LogP contribution in [0.25, 0.3) is 6.08 Å². The third-order valence-electron chi connectivity index (χ3n) is 4.52. The van der Waals surface area contributed by atoms with Crippen LogP contribution < -0.4 is 15.4 Å². The van der Waals surface area contributed by atoms with Gasteiger partial charge >= 0.3 is 0 Å². The number of nitrogens with one attached hydrogen (secondary N) is 2. The number of rotatable bonds is 7. The number of amides is 2. The summed E-state index contributed by atoms with van der Waals surface area (Å²) in [6.45, 7) is 1.48. The molecular weight excluding hydrogens is 392 g/mol. The fourth-order valence-electron chi connectivity index (χ4n) is 2.84. The van der Waals surface area contributed by atoms with E-state index in [1.54, 1.807) is 73.8 Å². The second-order valence-corrected chi connectivity index (χ2v) is 6.73. The van der Waals surface area contributed by atoms with E-state index in [0.29, 0.717) is 22.5 Å². The van der Waals surface area contributed by atoms with Crippen molar-refractivity contribution in [1.82, 2.24) is 0 Å². The largest absolute Gasteiger partial charge is 0.497 e. The molecule has 0 aliphatic heterocycles. The van der Waals surface area contributed by atoms with E-state index in [1.807, 2.05) is 12.1 Å². The van der Waals surface area contributed by atoms with Crippen LogP contribution in [0.2, 0.25) is 0 Å². The number of ether oxygens (including phenoxy) is 1. The molecule has 0 saturated carbocycles. The Labute approximate surface area is 180 Å². The van der Waals surface area contributed by atoms with Crippen molar-refractivity contribution >= 4 is 35.0 Å². The molecule has 0 radical (unpaired) electrons. The summed E-state index contributed by atoms with van der Waals surface area (Å²) in [6.07, 6.45) is 3.07. The van der Waals surface area contributed by atoms with Gasteiger partial charge in [0.1, 0.15) is 5.75 Å². The number of para-hydroxylation sites is 1.